The van der Waals surface area contributed by atoms with Crippen LogP contribution in [-0.4, -0.2) is 23.3 Å². The van der Waals surface area contributed by atoms with Crippen LogP contribution < -0.4 is 0 Å². The normalized spacial score (nSPS) is 11.4. The third kappa shape index (κ3) is 6.05. The van der Waals surface area contributed by atoms with E-state index >= 15 is 0 Å². The van der Waals surface area contributed by atoms with Gasteiger partial charge in [0.1, 0.15) is 13.5 Å². The van der Waals surface area contributed by atoms with Gasteiger partial charge >= 0.3 is 17.4 Å². The van der Waals surface area contributed by atoms with E-state index < -0.39 is 17.4 Å². The second-order valence-electron chi connectivity index (χ2n) is 3.25. The molecule has 0 aliphatic rings. The summed E-state index contributed by atoms with van der Waals surface area (Å²) in [5, 5.41) is 0.673. The fourth-order valence-electron chi connectivity index (χ4n) is 1.26. The molecule has 0 amide bonds. The number of hydrogen-bond acceptors (Lipinski definition) is 6. The maximum Gasteiger partial charge on any atom is 0.328 e. The molecule has 0 saturated heterocycles. The van der Waals surface area contributed by atoms with E-state index in [4.69, 9.17) is 9.05 Å². The van der Waals surface area contributed by atoms with Gasteiger partial charge < -0.3 is 0 Å². The minimum absolute atomic E-state index is 0.0980. The van der Waals surface area contributed by atoms with Crippen LogP contribution in [0.5, 0.6) is 0 Å². The molecule has 9 heteroatoms. The van der Waals surface area contributed by atoms with Gasteiger partial charge in [0, 0.05) is 11.9 Å². The highest BCUT2D eigenvalue weighted by atomic mass is 79.9. The zero-order valence-electron chi connectivity index (χ0n) is 9.36. The fourth-order valence-corrected chi connectivity index (χ4v) is 1.99. The third-order valence-electron chi connectivity index (χ3n) is 1.97. The first-order valence-corrected chi connectivity index (χ1v) is 7.50. The molecule has 6 nitrogen and oxygen atoms in total. The molecule has 98 valence electrons. The van der Waals surface area contributed by atoms with E-state index in [-0.39, 0.29) is 13.5 Å². The number of rotatable bonds is 9. The highest BCUT2D eigenvalue weighted by molar-refractivity contribution is 9.08. The van der Waals surface area contributed by atoms with Crippen molar-refractivity contribution in [2.45, 2.75) is 11.9 Å². The summed E-state index contributed by atoms with van der Waals surface area (Å²) in [4.78, 5) is 6.06. The van der Waals surface area contributed by atoms with Gasteiger partial charge in [-0.3, -0.25) is 18.9 Å². The molecule has 0 bridgehead atoms. The van der Waals surface area contributed by atoms with Crippen LogP contribution in [0.2, 0.25) is 0 Å². The summed E-state index contributed by atoms with van der Waals surface area (Å²) in [5.41, 5.74) is 1.74. The lowest BCUT2D eigenvalue weighted by Crippen LogP contribution is -2.26. The van der Waals surface area contributed by atoms with Gasteiger partial charge in [0.05, 0.1) is 11.4 Å². The van der Waals surface area contributed by atoms with E-state index in [1.165, 1.54) is 0 Å². The van der Waals surface area contributed by atoms with Crippen LogP contribution in [0.4, 0.5) is 0 Å². The van der Waals surface area contributed by atoms with E-state index in [9.17, 15) is 9.13 Å². The quantitative estimate of drug-likeness (QED) is 0.386. The largest absolute Gasteiger partial charge is 0.328 e. The predicted octanol–water partition coefficient (Wildman–Crippen LogP) is 3.14. The Kier molecular flexibility index (Phi) is 8.42. The topological polar surface area (TPSA) is 68.7 Å². The van der Waals surface area contributed by atoms with Crippen molar-refractivity contribution in [2.75, 3.05) is 13.5 Å². The minimum atomic E-state index is -0.408. The predicted molar refractivity (Wildman–Crippen MR) is 69.5 cm³/mol. The lowest BCUT2D eigenvalue weighted by molar-refractivity contribution is 0.0585. The van der Waals surface area contributed by atoms with Gasteiger partial charge in [0.2, 0.25) is 0 Å². The molecule has 0 N–H and O–H groups in total. The molecule has 0 radical (unpaired) electrons. The average Bonchev–Trinajstić information content (AvgIpc) is 2.42. The van der Waals surface area contributed by atoms with Crippen LogP contribution in [-0.2, 0) is 30.1 Å². The van der Waals surface area contributed by atoms with Crippen LogP contribution in [0, 0.1) is 0 Å². The van der Waals surface area contributed by atoms with Gasteiger partial charge in [0.15, 0.2) is 0 Å². The fraction of sp³-hybridized carbons (Fsp3) is 0.444. The molecular formula is C9H11BrN2O4P2. The average molecular weight is 353 g/mol. The molecule has 18 heavy (non-hydrogen) atoms. The smallest absolute Gasteiger partial charge is 0.278 e. The highest BCUT2D eigenvalue weighted by Crippen LogP contribution is 2.09. The lowest BCUT2D eigenvalue weighted by atomic mass is 10.3. The van der Waals surface area contributed by atoms with Crippen molar-refractivity contribution in [1.82, 2.24) is 9.88 Å². The summed E-state index contributed by atoms with van der Waals surface area (Å²) in [6.45, 7) is 0.646. The summed E-state index contributed by atoms with van der Waals surface area (Å²) in [6, 6.07) is 5.67. The lowest BCUT2D eigenvalue weighted by Gasteiger charge is -2.18. The molecule has 0 aliphatic carbocycles. The number of aromatic nitrogens is 1. The summed E-state index contributed by atoms with van der Waals surface area (Å²) in [6.07, 6.45) is 0. The maximum atomic E-state index is 10.3. The number of alkyl halides is 1. The molecule has 1 aromatic heterocycles. The standard InChI is InChI=1S/C9H11BrN2O4P2/c10-4-8-2-1-3-9(11-8)5-12(6-15-17-13)7-16-18-14/h1-3H,4-7H2. The van der Waals surface area contributed by atoms with Crippen molar-refractivity contribution >= 4 is 33.3 Å². The van der Waals surface area contributed by atoms with Gasteiger partial charge in [-0.25, -0.2) is 9.13 Å². The van der Waals surface area contributed by atoms with Crippen LogP contribution in [0.1, 0.15) is 11.4 Å². The molecule has 0 spiro atoms. The molecule has 0 fully saturated rings. The van der Waals surface area contributed by atoms with E-state index in [1.54, 1.807) is 4.90 Å². The van der Waals surface area contributed by atoms with Crippen molar-refractivity contribution in [3.05, 3.63) is 29.6 Å². The van der Waals surface area contributed by atoms with E-state index in [0.717, 1.165) is 11.4 Å². The Morgan fingerprint density at radius 1 is 1.17 bits per heavy atom. The molecular weight excluding hydrogens is 342 g/mol. The van der Waals surface area contributed by atoms with Crippen molar-refractivity contribution < 1.29 is 18.2 Å². The number of nitrogens with zero attached hydrogens (tertiary/aromatic N) is 2. The third-order valence-corrected chi connectivity index (χ3v) is 2.99. The summed E-state index contributed by atoms with van der Waals surface area (Å²) in [5.74, 6) is 0. The Morgan fingerprint density at radius 3 is 2.33 bits per heavy atom. The molecule has 0 saturated carbocycles. The number of pyridine rings is 1. The Morgan fingerprint density at radius 2 is 1.78 bits per heavy atom. The SMILES string of the molecule is O=POCN(COP=O)Cc1cccc(CBr)n1. The zero-order chi connectivity index (χ0) is 13.2. The second-order valence-corrected chi connectivity index (χ2v) is 4.62. The highest BCUT2D eigenvalue weighted by Gasteiger charge is 2.08. The molecule has 0 unspecified atom stereocenters. The summed E-state index contributed by atoms with van der Waals surface area (Å²) < 4.78 is 30.0. The van der Waals surface area contributed by atoms with Crippen LogP contribution in [0.25, 0.3) is 0 Å². The first kappa shape index (κ1) is 15.8. The van der Waals surface area contributed by atoms with Crippen molar-refractivity contribution in [3.8, 4) is 0 Å². The first-order chi connectivity index (χ1) is 8.80. The number of halogens is 1. The Labute approximate surface area is 116 Å². The van der Waals surface area contributed by atoms with Gasteiger partial charge in [-0.1, -0.05) is 22.0 Å². The summed E-state index contributed by atoms with van der Waals surface area (Å²) in [7, 11) is -0.815. The van der Waals surface area contributed by atoms with E-state index in [0.29, 0.717) is 11.9 Å². The second kappa shape index (κ2) is 9.62. The zero-order valence-corrected chi connectivity index (χ0v) is 12.7. The van der Waals surface area contributed by atoms with Crippen molar-refractivity contribution in [1.29, 1.82) is 0 Å². The molecule has 0 aliphatic heterocycles. The Balaban J connectivity index is 2.61. The Bertz CT molecular complexity index is 385. The molecule has 0 aromatic carbocycles. The van der Waals surface area contributed by atoms with Crippen molar-refractivity contribution in [3.63, 3.8) is 0 Å². The Hall–Kier alpha value is -0.290. The number of hydrogen-bond donors (Lipinski definition) is 0. The molecule has 1 aromatic rings. The summed E-state index contributed by atoms with van der Waals surface area (Å²) >= 11 is 3.33. The molecule has 1 rings (SSSR count). The van der Waals surface area contributed by atoms with Gasteiger partial charge in [-0.05, 0) is 12.1 Å². The van der Waals surface area contributed by atoms with Gasteiger partial charge in [-0.2, -0.15) is 0 Å². The molecule has 0 atom stereocenters. The van der Waals surface area contributed by atoms with E-state index in [1.807, 2.05) is 18.2 Å². The van der Waals surface area contributed by atoms with Crippen molar-refractivity contribution in [2.24, 2.45) is 0 Å². The van der Waals surface area contributed by atoms with Gasteiger partial charge in [0.25, 0.3) is 0 Å². The first-order valence-electron chi connectivity index (χ1n) is 4.92. The van der Waals surface area contributed by atoms with Gasteiger partial charge in [-0.15, -0.1) is 0 Å². The van der Waals surface area contributed by atoms with Crippen LogP contribution >= 0.6 is 33.3 Å². The van der Waals surface area contributed by atoms with Crippen LogP contribution in [0.15, 0.2) is 18.2 Å². The maximum absolute atomic E-state index is 10.3. The molecule has 1 heterocycles. The monoisotopic (exact) mass is 352 g/mol. The van der Waals surface area contributed by atoms with Crippen LogP contribution in [0.3, 0.4) is 0 Å². The minimum Gasteiger partial charge on any atom is -0.278 e. The van der Waals surface area contributed by atoms with E-state index in [2.05, 4.69) is 20.9 Å².